The first-order valence-corrected chi connectivity index (χ1v) is 4.56. The molecule has 1 aliphatic heterocycles. The Morgan fingerprint density at radius 1 is 1.50 bits per heavy atom. The summed E-state index contributed by atoms with van der Waals surface area (Å²) in [6.07, 6.45) is 6.66. The topological polar surface area (TPSA) is 21.3 Å². The van der Waals surface area contributed by atoms with Crippen LogP contribution in [0.2, 0.25) is 0 Å². The molecule has 0 bridgehead atoms. The van der Waals surface area contributed by atoms with Crippen LogP contribution in [-0.2, 0) is 4.74 Å². The smallest absolute Gasteiger partial charge is 0.118 e. The summed E-state index contributed by atoms with van der Waals surface area (Å²) in [6, 6.07) is 0. The van der Waals surface area contributed by atoms with Gasteiger partial charge >= 0.3 is 0 Å². The average Bonchev–Trinajstić information content (AvgIpc) is 2.02. The van der Waals surface area contributed by atoms with Crippen molar-refractivity contribution in [2.45, 2.75) is 12.8 Å². The highest BCUT2D eigenvalue weighted by atomic mass is 16.5. The predicted molar refractivity (Wildman–Crippen MR) is 48.8 cm³/mol. The molecule has 2 nitrogen and oxygen atoms in total. The average molecular weight is 165 g/mol. The molecule has 0 aromatic carbocycles. The molecule has 0 atom stereocenters. The molecule has 1 aliphatic carbocycles. The fourth-order valence-corrected chi connectivity index (χ4v) is 1.80. The van der Waals surface area contributed by atoms with Crippen molar-refractivity contribution >= 4 is 0 Å². The van der Waals surface area contributed by atoms with E-state index in [2.05, 4.69) is 17.5 Å². The minimum Gasteiger partial charge on any atom is -0.497 e. The van der Waals surface area contributed by atoms with Crippen LogP contribution in [0.25, 0.3) is 0 Å². The maximum Gasteiger partial charge on any atom is 0.118 e. The summed E-state index contributed by atoms with van der Waals surface area (Å²) in [7, 11) is 1.76. The van der Waals surface area contributed by atoms with Crippen molar-refractivity contribution in [3.63, 3.8) is 0 Å². The molecule has 0 amide bonds. The third-order valence-electron chi connectivity index (χ3n) is 2.66. The number of hydrogen-bond donors (Lipinski definition) is 1. The Balaban J connectivity index is 2.15. The maximum absolute atomic E-state index is 5.33. The van der Waals surface area contributed by atoms with E-state index in [-0.39, 0.29) is 0 Å². The van der Waals surface area contributed by atoms with Gasteiger partial charge in [-0.1, -0.05) is 6.08 Å². The first kappa shape index (κ1) is 7.87. The van der Waals surface area contributed by atoms with Crippen LogP contribution in [0.5, 0.6) is 0 Å². The molecular formula is C10H15NO. The van der Waals surface area contributed by atoms with Gasteiger partial charge in [0.05, 0.1) is 7.11 Å². The van der Waals surface area contributed by atoms with E-state index in [9.17, 15) is 0 Å². The minimum absolute atomic E-state index is 0.741. The predicted octanol–water partition coefficient (Wildman–Crippen LogP) is 1.46. The fourth-order valence-electron chi connectivity index (χ4n) is 1.80. The van der Waals surface area contributed by atoms with Crippen LogP contribution in [0.1, 0.15) is 12.8 Å². The van der Waals surface area contributed by atoms with Crippen molar-refractivity contribution in [2.24, 2.45) is 5.92 Å². The van der Waals surface area contributed by atoms with E-state index in [4.69, 9.17) is 4.74 Å². The monoisotopic (exact) mass is 165 g/mol. The summed E-state index contributed by atoms with van der Waals surface area (Å²) in [6.45, 7) is 2.27. The highest BCUT2D eigenvalue weighted by Crippen LogP contribution is 2.28. The molecular weight excluding hydrogens is 150 g/mol. The first-order chi connectivity index (χ1) is 5.92. The lowest BCUT2D eigenvalue weighted by molar-refractivity contribution is 0.280. The Morgan fingerprint density at radius 2 is 2.33 bits per heavy atom. The standard InChI is InChI=1S/C10H15NO/c1-12-10-5-3-2-4-9(10)8-6-11-7-8/h3,5,8,11H,2,4,6-7H2,1H3. The SMILES string of the molecule is COC1=C(C2CNC2)CCC=C1. The van der Waals surface area contributed by atoms with Gasteiger partial charge < -0.3 is 10.1 Å². The van der Waals surface area contributed by atoms with Crippen LogP contribution in [0.3, 0.4) is 0 Å². The van der Waals surface area contributed by atoms with Crippen molar-refractivity contribution < 1.29 is 4.74 Å². The Hall–Kier alpha value is -0.760. The highest BCUT2D eigenvalue weighted by Gasteiger charge is 2.24. The van der Waals surface area contributed by atoms with E-state index in [0.29, 0.717) is 0 Å². The molecule has 0 aromatic heterocycles. The molecule has 2 aliphatic rings. The van der Waals surface area contributed by atoms with Crippen LogP contribution in [0.15, 0.2) is 23.5 Å². The molecule has 66 valence electrons. The molecule has 0 saturated carbocycles. The summed E-state index contributed by atoms with van der Waals surface area (Å²) in [5.74, 6) is 1.85. The van der Waals surface area contributed by atoms with Crippen molar-refractivity contribution in [2.75, 3.05) is 20.2 Å². The lowest BCUT2D eigenvalue weighted by Crippen LogP contribution is -2.43. The molecule has 1 heterocycles. The fraction of sp³-hybridized carbons (Fsp3) is 0.600. The van der Waals surface area contributed by atoms with Crippen molar-refractivity contribution in [3.8, 4) is 0 Å². The summed E-state index contributed by atoms with van der Waals surface area (Å²) in [4.78, 5) is 0. The van der Waals surface area contributed by atoms with E-state index >= 15 is 0 Å². The Morgan fingerprint density at radius 3 is 2.92 bits per heavy atom. The highest BCUT2D eigenvalue weighted by molar-refractivity contribution is 5.28. The summed E-state index contributed by atoms with van der Waals surface area (Å²) >= 11 is 0. The Kier molecular flexibility index (Phi) is 2.17. The number of allylic oxidation sites excluding steroid dienone is 2. The van der Waals surface area contributed by atoms with Crippen LogP contribution < -0.4 is 5.32 Å². The van der Waals surface area contributed by atoms with E-state index in [1.54, 1.807) is 7.11 Å². The van der Waals surface area contributed by atoms with Crippen LogP contribution in [0.4, 0.5) is 0 Å². The molecule has 1 N–H and O–H groups in total. The minimum atomic E-state index is 0.741. The second kappa shape index (κ2) is 3.31. The number of rotatable bonds is 2. The molecule has 2 heteroatoms. The zero-order chi connectivity index (χ0) is 8.39. The molecule has 0 radical (unpaired) electrons. The van der Waals surface area contributed by atoms with Crippen LogP contribution in [0, 0.1) is 5.92 Å². The number of hydrogen-bond acceptors (Lipinski definition) is 2. The van der Waals surface area contributed by atoms with Crippen molar-refractivity contribution in [1.29, 1.82) is 0 Å². The van der Waals surface area contributed by atoms with Gasteiger partial charge in [0.1, 0.15) is 5.76 Å². The quantitative estimate of drug-likeness (QED) is 0.668. The largest absolute Gasteiger partial charge is 0.497 e. The number of ether oxygens (including phenoxy) is 1. The molecule has 2 rings (SSSR count). The summed E-state index contributed by atoms with van der Waals surface area (Å²) < 4.78 is 5.33. The van der Waals surface area contributed by atoms with E-state index in [0.717, 1.165) is 24.8 Å². The van der Waals surface area contributed by atoms with Gasteiger partial charge in [0.15, 0.2) is 0 Å². The molecule has 12 heavy (non-hydrogen) atoms. The van der Waals surface area contributed by atoms with Crippen molar-refractivity contribution in [3.05, 3.63) is 23.5 Å². The zero-order valence-electron chi connectivity index (χ0n) is 7.47. The van der Waals surface area contributed by atoms with Crippen molar-refractivity contribution in [1.82, 2.24) is 5.32 Å². The van der Waals surface area contributed by atoms with E-state index in [1.165, 1.54) is 18.4 Å². The molecule has 1 saturated heterocycles. The maximum atomic E-state index is 5.33. The van der Waals surface area contributed by atoms with Gasteiger partial charge in [-0.05, 0) is 24.5 Å². The second-order valence-corrected chi connectivity index (χ2v) is 3.39. The third kappa shape index (κ3) is 1.27. The Labute approximate surface area is 73.3 Å². The second-order valence-electron chi connectivity index (χ2n) is 3.39. The van der Waals surface area contributed by atoms with E-state index in [1.807, 2.05) is 0 Å². The van der Waals surface area contributed by atoms with Crippen LogP contribution >= 0.6 is 0 Å². The lowest BCUT2D eigenvalue weighted by atomic mass is 9.87. The van der Waals surface area contributed by atoms with Gasteiger partial charge in [-0.2, -0.15) is 0 Å². The van der Waals surface area contributed by atoms with Gasteiger partial charge in [0.25, 0.3) is 0 Å². The number of nitrogens with one attached hydrogen (secondary N) is 1. The lowest BCUT2D eigenvalue weighted by Gasteiger charge is -2.31. The normalized spacial score (nSPS) is 24.1. The Bertz CT molecular complexity index is 226. The molecule has 0 aromatic rings. The zero-order valence-corrected chi connectivity index (χ0v) is 7.47. The third-order valence-corrected chi connectivity index (χ3v) is 2.66. The van der Waals surface area contributed by atoms with Gasteiger partial charge in [-0.15, -0.1) is 0 Å². The van der Waals surface area contributed by atoms with Gasteiger partial charge in [-0.3, -0.25) is 0 Å². The summed E-state index contributed by atoms with van der Waals surface area (Å²) in [5, 5.41) is 3.29. The van der Waals surface area contributed by atoms with Crippen LogP contribution in [-0.4, -0.2) is 20.2 Å². The molecule has 0 spiro atoms. The summed E-state index contributed by atoms with van der Waals surface area (Å²) in [5.41, 5.74) is 1.51. The van der Waals surface area contributed by atoms with Gasteiger partial charge in [0.2, 0.25) is 0 Å². The molecule has 1 fully saturated rings. The first-order valence-electron chi connectivity index (χ1n) is 4.56. The molecule has 0 unspecified atom stereocenters. The van der Waals surface area contributed by atoms with E-state index < -0.39 is 0 Å². The number of methoxy groups -OCH3 is 1. The van der Waals surface area contributed by atoms with Gasteiger partial charge in [-0.25, -0.2) is 0 Å². The van der Waals surface area contributed by atoms with Gasteiger partial charge in [0, 0.05) is 19.0 Å².